The molecule has 0 bridgehead atoms. The van der Waals surface area contributed by atoms with Crippen LogP contribution in [0, 0.1) is 0 Å². The van der Waals surface area contributed by atoms with E-state index in [0.29, 0.717) is 46.1 Å². The van der Waals surface area contributed by atoms with Crippen LogP contribution in [0.3, 0.4) is 0 Å². The van der Waals surface area contributed by atoms with Gasteiger partial charge in [-0.05, 0) is 68.5 Å². The van der Waals surface area contributed by atoms with Crippen LogP contribution in [0.1, 0.15) is 56.6 Å². The van der Waals surface area contributed by atoms with Gasteiger partial charge in [-0.1, -0.05) is 12.1 Å². The Hall–Kier alpha value is -3.98. The highest BCUT2D eigenvalue weighted by molar-refractivity contribution is 6.04. The van der Waals surface area contributed by atoms with Gasteiger partial charge in [0.05, 0.1) is 39.6 Å². The highest BCUT2D eigenvalue weighted by atomic mass is 16.6. The van der Waals surface area contributed by atoms with Crippen molar-refractivity contribution in [2.24, 2.45) is 0 Å². The number of hydrogen-bond acceptors (Lipinski definition) is 9. The Morgan fingerprint density at radius 2 is 1.62 bits per heavy atom. The molecule has 0 spiro atoms. The summed E-state index contributed by atoms with van der Waals surface area (Å²) in [6.07, 6.45) is 0.812. The Morgan fingerprint density at radius 3 is 2.27 bits per heavy atom. The number of dihydropyridines is 1. The first kappa shape index (κ1) is 29.0. The Morgan fingerprint density at radius 1 is 0.950 bits per heavy atom. The van der Waals surface area contributed by atoms with Crippen LogP contribution in [0.15, 0.2) is 58.9 Å². The molecule has 0 unspecified atom stereocenters. The molecule has 40 heavy (non-hydrogen) atoms. The maximum absolute atomic E-state index is 13.9. The maximum Gasteiger partial charge on any atom is 0.336 e. The molecule has 2 aromatic carbocycles. The zero-order valence-electron chi connectivity index (χ0n) is 23.8. The van der Waals surface area contributed by atoms with E-state index in [1.54, 1.807) is 33.3 Å². The second-order valence-corrected chi connectivity index (χ2v) is 10.1. The number of nitrogens with one attached hydrogen (secondary N) is 1. The number of phenolic OH excluding ortho intramolecular Hbond substituents is 1. The summed E-state index contributed by atoms with van der Waals surface area (Å²) >= 11 is 0. The standard InChI is InChI=1S/C31H37NO8/c1-17(2)39-11-12-40-31(35)28-18(3)32-22-13-21(19-7-10-26(37-5)27(16-19)38-6)15-24(34)30(22)29(28)20-8-9-25(36-4)23(33)14-20/h7-10,14,16-17,21,29,32-33H,11-13,15H2,1-6H3/t21-,29-/m0/s1. The third-order valence-electron chi connectivity index (χ3n) is 7.23. The van der Waals surface area contributed by atoms with Crippen molar-refractivity contribution >= 4 is 11.8 Å². The zero-order chi connectivity index (χ0) is 29.0. The van der Waals surface area contributed by atoms with Gasteiger partial charge in [-0.3, -0.25) is 4.79 Å². The minimum absolute atomic E-state index is 0.0113. The number of methoxy groups -OCH3 is 3. The van der Waals surface area contributed by atoms with Gasteiger partial charge in [0, 0.05) is 29.3 Å². The molecule has 4 rings (SSSR count). The topological polar surface area (TPSA) is 113 Å². The third-order valence-corrected chi connectivity index (χ3v) is 7.23. The number of ketones is 1. The van der Waals surface area contributed by atoms with Crippen LogP contribution in [0.25, 0.3) is 0 Å². The molecular formula is C31H37NO8. The molecule has 9 heteroatoms. The summed E-state index contributed by atoms with van der Waals surface area (Å²) in [5, 5.41) is 13.9. The highest BCUT2D eigenvalue weighted by Crippen LogP contribution is 2.47. The molecule has 2 aliphatic rings. The second-order valence-electron chi connectivity index (χ2n) is 10.1. The second kappa shape index (κ2) is 12.5. The number of carbonyl (C=O) groups excluding carboxylic acids is 2. The van der Waals surface area contributed by atoms with Crippen LogP contribution < -0.4 is 19.5 Å². The van der Waals surface area contributed by atoms with Crippen LogP contribution in [-0.2, 0) is 19.1 Å². The summed E-state index contributed by atoms with van der Waals surface area (Å²) in [5.74, 6) is -0.0201. The number of aromatic hydroxyl groups is 1. The molecule has 0 fully saturated rings. The van der Waals surface area contributed by atoms with Crippen molar-refractivity contribution in [1.82, 2.24) is 5.32 Å². The number of esters is 1. The normalized spacial score (nSPS) is 18.8. The first-order valence-electron chi connectivity index (χ1n) is 13.3. The molecule has 0 saturated carbocycles. The van der Waals surface area contributed by atoms with Crippen molar-refractivity contribution in [3.8, 4) is 23.0 Å². The van der Waals surface area contributed by atoms with E-state index in [-0.39, 0.29) is 43.2 Å². The largest absolute Gasteiger partial charge is 0.504 e. The number of Topliss-reactive ketones (excluding diaryl/α,β-unsaturated/α-hetero) is 1. The maximum atomic E-state index is 13.9. The first-order valence-corrected chi connectivity index (χ1v) is 13.3. The van der Waals surface area contributed by atoms with Crippen molar-refractivity contribution in [2.45, 2.75) is 51.6 Å². The lowest BCUT2D eigenvalue weighted by Crippen LogP contribution is -2.36. The Labute approximate surface area is 234 Å². The van der Waals surface area contributed by atoms with E-state index in [9.17, 15) is 14.7 Å². The van der Waals surface area contributed by atoms with Gasteiger partial charge < -0.3 is 34.1 Å². The van der Waals surface area contributed by atoms with E-state index in [4.69, 9.17) is 23.7 Å². The van der Waals surface area contributed by atoms with Crippen molar-refractivity contribution in [2.75, 3.05) is 34.5 Å². The fourth-order valence-electron chi connectivity index (χ4n) is 5.37. The van der Waals surface area contributed by atoms with Crippen LogP contribution in [0.5, 0.6) is 23.0 Å². The number of ether oxygens (including phenoxy) is 5. The Bertz CT molecular complexity index is 1340. The van der Waals surface area contributed by atoms with Crippen LogP contribution in [-0.4, -0.2) is 57.5 Å². The summed E-state index contributed by atoms with van der Waals surface area (Å²) in [6.45, 7) is 5.95. The van der Waals surface area contributed by atoms with Gasteiger partial charge in [-0.25, -0.2) is 4.79 Å². The monoisotopic (exact) mass is 551 g/mol. The average Bonchev–Trinajstić information content (AvgIpc) is 2.93. The van der Waals surface area contributed by atoms with Gasteiger partial charge in [0.2, 0.25) is 0 Å². The molecule has 1 aliphatic carbocycles. The third kappa shape index (κ3) is 5.94. The summed E-state index contributed by atoms with van der Waals surface area (Å²) in [5.41, 5.74) is 3.70. The van der Waals surface area contributed by atoms with Crippen molar-refractivity contribution in [3.63, 3.8) is 0 Å². The molecule has 2 aromatic rings. The molecule has 0 radical (unpaired) electrons. The fourth-order valence-corrected chi connectivity index (χ4v) is 5.37. The van der Waals surface area contributed by atoms with Crippen LogP contribution >= 0.6 is 0 Å². The summed E-state index contributed by atoms with van der Waals surface area (Å²) in [6, 6.07) is 10.6. The summed E-state index contributed by atoms with van der Waals surface area (Å²) in [4.78, 5) is 27.3. The molecule has 1 heterocycles. The van der Waals surface area contributed by atoms with Gasteiger partial charge >= 0.3 is 5.97 Å². The number of rotatable bonds is 10. The minimum atomic E-state index is -0.717. The minimum Gasteiger partial charge on any atom is -0.504 e. The predicted molar refractivity (Wildman–Crippen MR) is 149 cm³/mol. The van der Waals surface area contributed by atoms with Gasteiger partial charge in [0.15, 0.2) is 28.8 Å². The lowest BCUT2D eigenvalue weighted by Gasteiger charge is -2.37. The quantitative estimate of drug-likeness (QED) is 0.319. The summed E-state index contributed by atoms with van der Waals surface area (Å²) in [7, 11) is 4.62. The Balaban J connectivity index is 1.72. The highest BCUT2D eigenvalue weighted by Gasteiger charge is 2.41. The molecule has 0 aromatic heterocycles. The molecule has 214 valence electrons. The van der Waals surface area contributed by atoms with Crippen LogP contribution in [0.4, 0.5) is 0 Å². The fraction of sp³-hybridized carbons (Fsp3) is 0.419. The van der Waals surface area contributed by atoms with E-state index in [2.05, 4.69) is 5.32 Å². The van der Waals surface area contributed by atoms with E-state index in [1.807, 2.05) is 32.0 Å². The smallest absolute Gasteiger partial charge is 0.336 e. The molecule has 1 aliphatic heterocycles. The summed E-state index contributed by atoms with van der Waals surface area (Å²) < 4.78 is 27.1. The van der Waals surface area contributed by atoms with E-state index in [0.717, 1.165) is 11.3 Å². The molecule has 0 amide bonds. The lowest BCUT2D eigenvalue weighted by molar-refractivity contribution is -0.141. The van der Waals surface area contributed by atoms with Crippen LogP contribution in [0.2, 0.25) is 0 Å². The van der Waals surface area contributed by atoms with Crippen molar-refractivity contribution < 1.29 is 38.4 Å². The number of benzene rings is 2. The van der Waals surface area contributed by atoms with Gasteiger partial charge in [-0.15, -0.1) is 0 Å². The molecular weight excluding hydrogens is 514 g/mol. The van der Waals surface area contributed by atoms with Crippen molar-refractivity contribution in [3.05, 3.63) is 70.1 Å². The molecule has 0 saturated heterocycles. The van der Waals surface area contributed by atoms with Gasteiger partial charge in [0.1, 0.15) is 6.61 Å². The van der Waals surface area contributed by atoms with Crippen molar-refractivity contribution in [1.29, 1.82) is 0 Å². The number of carbonyl (C=O) groups is 2. The van der Waals surface area contributed by atoms with Gasteiger partial charge in [-0.2, -0.15) is 0 Å². The number of phenols is 1. The number of hydrogen-bond donors (Lipinski definition) is 2. The predicted octanol–water partition coefficient (Wildman–Crippen LogP) is 4.75. The Kier molecular flexibility index (Phi) is 9.04. The van der Waals surface area contributed by atoms with E-state index in [1.165, 1.54) is 13.2 Å². The molecule has 2 N–H and O–H groups in total. The first-order chi connectivity index (χ1) is 19.2. The lowest BCUT2D eigenvalue weighted by atomic mass is 9.71. The molecule has 2 atom stereocenters. The zero-order valence-corrected chi connectivity index (χ0v) is 23.8. The average molecular weight is 552 g/mol. The van der Waals surface area contributed by atoms with E-state index >= 15 is 0 Å². The SMILES string of the molecule is COc1ccc([C@H]2C(C(=O)OCCOC(C)C)=C(C)NC3=C2C(=O)C[C@@H](c2ccc(OC)c(OC)c2)C3)cc1O. The van der Waals surface area contributed by atoms with E-state index < -0.39 is 11.9 Å². The molecule has 9 nitrogen and oxygen atoms in total. The van der Waals surface area contributed by atoms with Gasteiger partial charge in [0.25, 0.3) is 0 Å². The number of allylic oxidation sites excluding steroid dienone is 3.